The normalized spacial score (nSPS) is 38.8. The summed E-state index contributed by atoms with van der Waals surface area (Å²) in [5.41, 5.74) is 0. The standard InChI is InChI=1S/C16H33N3/c1-12-10-13(2)16(15(11-12)17-3)19-8-6-14(7-9-19)18(4)5/h12-17H,6-11H2,1-5H3. The van der Waals surface area contributed by atoms with Crippen molar-refractivity contribution in [1.29, 1.82) is 0 Å². The minimum atomic E-state index is 0.689. The summed E-state index contributed by atoms with van der Waals surface area (Å²) in [6.45, 7) is 7.44. The van der Waals surface area contributed by atoms with Gasteiger partial charge in [-0.05, 0) is 71.8 Å². The average Bonchev–Trinajstić information content (AvgIpc) is 2.38. The van der Waals surface area contributed by atoms with E-state index in [1.807, 2.05) is 0 Å². The van der Waals surface area contributed by atoms with Gasteiger partial charge in [0.1, 0.15) is 0 Å². The molecule has 2 aliphatic rings. The quantitative estimate of drug-likeness (QED) is 0.844. The molecule has 19 heavy (non-hydrogen) atoms. The van der Waals surface area contributed by atoms with Gasteiger partial charge in [-0.1, -0.05) is 13.8 Å². The number of nitrogens with one attached hydrogen (secondary N) is 1. The Morgan fingerprint density at radius 3 is 2.21 bits per heavy atom. The molecule has 4 atom stereocenters. The van der Waals surface area contributed by atoms with E-state index < -0.39 is 0 Å². The van der Waals surface area contributed by atoms with E-state index in [0.29, 0.717) is 6.04 Å². The Labute approximate surface area is 119 Å². The van der Waals surface area contributed by atoms with Gasteiger partial charge in [0.2, 0.25) is 0 Å². The summed E-state index contributed by atoms with van der Waals surface area (Å²) in [5, 5.41) is 3.59. The molecule has 1 heterocycles. The molecular formula is C16H33N3. The lowest BCUT2D eigenvalue weighted by molar-refractivity contribution is 0.0322. The smallest absolute Gasteiger partial charge is 0.0275 e. The van der Waals surface area contributed by atoms with E-state index >= 15 is 0 Å². The molecule has 1 aliphatic carbocycles. The fraction of sp³-hybridized carbons (Fsp3) is 1.00. The van der Waals surface area contributed by atoms with Crippen LogP contribution in [-0.4, -0.2) is 62.2 Å². The van der Waals surface area contributed by atoms with Crippen LogP contribution in [0.5, 0.6) is 0 Å². The fourth-order valence-corrected chi connectivity index (χ4v) is 4.44. The Kier molecular flexibility index (Phi) is 5.27. The van der Waals surface area contributed by atoms with Crippen LogP contribution < -0.4 is 5.32 Å². The third-order valence-electron chi connectivity index (χ3n) is 5.45. The summed E-state index contributed by atoms with van der Waals surface area (Å²) in [7, 11) is 6.60. The van der Waals surface area contributed by atoms with Gasteiger partial charge >= 0.3 is 0 Å². The number of piperidine rings is 1. The lowest BCUT2D eigenvalue weighted by atomic mass is 9.75. The van der Waals surface area contributed by atoms with Crippen LogP contribution >= 0.6 is 0 Å². The molecule has 0 bridgehead atoms. The highest BCUT2D eigenvalue weighted by atomic mass is 15.2. The Morgan fingerprint density at radius 2 is 1.68 bits per heavy atom. The average molecular weight is 267 g/mol. The van der Waals surface area contributed by atoms with Gasteiger partial charge in [0.25, 0.3) is 0 Å². The topological polar surface area (TPSA) is 18.5 Å². The molecule has 0 aromatic carbocycles. The first kappa shape index (κ1) is 15.3. The maximum atomic E-state index is 3.59. The first-order chi connectivity index (χ1) is 9.02. The van der Waals surface area contributed by atoms with Gasteiger partial charge in [-0.25, -0.2) is 0 Å². The van der Waals surface area contributed by atoms with E-state index in [4.69, 9.17) is 0 Å². The molecule has 0 amide bonds. The third-order valence-corrected chi connectivity index (χ3v) is 5.45. The number of hydrogen-bond donors (Lipinski definition) is 1. The molecule has 3 nitrogen and oxygen atoms in total. The molecule has 112 valence electrons. The van der Waals surface area contributed by atoms with Crippen LogP contribution in [0.3, 0.4) is 0 Å². The molecule has 1 saturated heterocycles. The van der Waals surface area contributed by atoms with Gasteiger partial charge in [-0.15, -0.1) is 0 Å². The van der Waals surface area contributed by atoms with Crippen molar-refractivity contribution in [3.05, 3.63) is 0 Å². The third kappa shape index (κ3) is 3.50. The van der Waals surface area contributed by atoms with E-state index in [-0.39, 0.29) is 0 Å². The zero-order valence-electron chi connectivity index (χ0n) is 13.5. The molecule has 2 fully saturated rings. The van der Waals surface area contributed by atoms with Gasteiger partial charge < -0.3 is 10.2 Å². The van der Waals surface area contributed by atoms with Crippen LogP contribution in [-0.2, 0) is 0 Å². The maximum Gasteiger partial charge on any atom is 0.0275 e. The van der Waals surface area contributed by atoms with Crippen LogP contribution in [0.4, 0.5) is 0 Å². The monoisotopic (exact) mass is 267 g/mol. The van der Waals surface area contributed by atoms with E-state index in [2.05, 4.69) is 50.1 Å². The highest BCUT2D eigenvalue weighted by molar-refractivity contribution is 4.95. The molecular weight excluding hydrogens is 234 g/mol. The first-order valence-corrected chi connectivity index (χ1v) is 8.10. The number of rotatable bonds is 3. The second-order valence-electron chi connectivity index (χ2n) is 7.17. The number of nitrogens with zero attached hydrogens (tertiary/aromatic N) is 2. The van der Waals surface area contributed by atoms with Crippen molar-refractivity contribution in [1.82, 2.24) is 15.1 Å². The van der Waals surface area contributed by atoms with Crippen molar-refractivity contribution in [2.24, 2.45) is 11.8 Å². The summed E-state index contributed by atoms with van der Waals surface area (Å²) in [4.78, 5) is 5.18. The highest BCUT2D eigenvalue weighted by Crippen LogP contribution is 2.33. The lowest BCUT2D eigenvalue weighted by Gasteiger charge is -2.48. The molecule has 0 aromatic rings. The number of likely N-dealkylation sites (N-methyl/N-ethyl adjacent to an activating group) is 1. The zero-order chi connectivity index (χ0) is 14.0. The molecule has 1 aliphatic heterocycles. The van der Waals surface area contributed by atoms with Crippen molar-refractivity contribution in [3.63, 3.8) is 0 Å². The summed E-state index contributed by atoms with van der Waals surface area (Å²) in [6.07, 6.45) is 5.42. The fourth-order valence-electron chi connectivity index (χ4n) is 4.44. The Morgan fingerprint density at radius 1 is 1.05 bits per heavy atom. The van der Waals surface area contributed by atoms with Crippen LogP contribution in [0.15, 0.2) is 0 Å². The SMILES string of the molecule is CNC1CC(C)CC(C)C1N1CCC(N(C)C)CC1. The largest absolute Gasteiger partial charge is 0.315 e. The van der Waals surface area contributed by atoms with E-state index in [1.54, 1.807) is 0 Å². The number of likely N-dealkylation sites (tertiary alicyclic amines) is 1. The molecule has 2 rings (SSSR count). The van der Waals surface area contributed by atoms with Gasteiger partial charge in [0.15, 0.2) is 0 Å². The molecule has 3 heteroatoms. The predicted octanol–water partition coefficient (Wildman–Crippen LogP) is 2.03. The molecule has 1 saturated carbocycles. The summed E-state index contributed by atoms with van der Waals surface area (Å²) in [5.74, 6) is 1.71. The predicted molar refractivity (Wildman–Crippen MR) is 82.5 cm³/mol. The summed E-state index contributed by atoms with van der Waals surface area (Å²) in [6, 6.07) is 2.24. The Bertz CT molecular complexity index is 271. The second kappa shape index (κ2) is 6.55. The number of hydrogen-bond acceptors (Lipinski definition) is 3. The van der Waals surface area contributed by atoms with Crippen LogP contribution in [0.25, 0.3) is 0 Å². The first-order valence-electron chi connectivity index (χ1n) is 8.10. The van der Waals surface area contributed by atoms with Gasteiger partial charge in [0.05, 0.1) is 0 Å². The van der Waals surface area contributed by atoms with Crippen LogP contribution in [0.1, 0.15) is 39.5 Å². The van der Waals surface area contributed by atoms with Crippen molar-refractivity contribution in [3.8, 4) is 0 Å². The van der Waals surface area contributed by atoms with Crippen molar-refractivity contribution in [2.45, 2.75) is 57.7 Å². The van der Waals surface area contributed by atoms with Crippen molar-refractivity contribution < 1.29 is 0 Å². The molecule has 4 unspecified atom stereocenters. The van der Waals surface area contributed by atoms with Crippen LogP contribution in [0.2, 0.25) is 0 Å². The maximum absolute atomic E-state index is 3.59. The van der Waals surface area contributed by atoms with Crippen molar-refractivity contribution >= 4 is 0 Å². The zero-order valence-corrected chi connectivity index (χ0v) is 13.5. The van der Waals surface area contributed by atoms with E-state index in [0.717, 1.165) is 23.9 Å². The second-order valence-corrected chi connectivity index (χ2v) is 7.17. The Balaban J connectivity index is 1.96. The molecule has 0 spiro atoms. The van der Waals surface area contributed by atoms with E-state index in [9.17, 15) is 0 Å². The highest BCUT2D eigenvalue weighted by Gasteiger charge is 2.38. The molecule has 1 N–H and O–H groups in total. The lowest BCUT2D eigenvalue weighted by Crippen LogP contribution is -2.58. The van der Waals surface area contributed by atoms with Gasteiger partial charge in [-0.2, -0.15) is 0 Å². The van der Waals surface area contributed by atoms with Gasteiger partial charge in [0, 0.05) is 18.1 Å². The molecule has 0 radical (unpaired) electrons. The minimum absolute atomic E-state index is 0.689. The van der Waals surface area contributed by atoms with Crippen molar-refractivity contribution in [2.75, 3.05) is 34.2 Å². The van der Waals surface area contributed by atoms with Crippen LogP contribution in [0, 0.1) is 11.8 Å². The molecule has 0 aromatic heterocycles. The van der Waals surface area contributed by atoms with E-state index in [1.165, 1.54) is 38.8 Å². The Hall–Kier alpha value is -0.120. The summed E-state index contributed by atoms with van der Waals surface area (Å²) < 4.78 is 0. The van der Waals surface area contributed by atoms with Gasteiger partial charge in [-0.3, -0.25) is 4.90 Å². The minimum Gasteiger partial charge on any atom is -0.315 e. The summed E-state index contributed by atoms with van der Waals surface area (Å²) >= 11 is 0.